The SMILES string of the molecule is CC(C)(C)c1ccc2c(c1)[cH-]c1cc(C(C)(C)C)ccc12.CCC1[C-]=CC(C(C)(C)C)=C1.[Cl-].[Cl-].[Zr+4]. The van der Waals surface area contributed by atoms with Gasteiger partial charge in [0.2, 0.25) is 0 Å². The molecule has 0 fully saturated rings. The number of fused-ring (bicyclic) bond motifs is 3. The molecule has 35 heavy (non-hydrogen) atoms. The predicted octanol–water partition coefficient (Wildman–Crippen LogP) is 3.67. The molecule has 0 aliphatic heterocycles. The zero-order chi connectivity index (χ0) is 23.9. The Balaban J connectivity index is 0.000000714. The van der Waals surface area contributed by atoms with Crippen LogP contribution in [0.25, 0.3) is 21.5 Å². The molecule has 0 heterocycles. The first-order valence-electron chi connectivity index (χ1n) is 12.2. The maximum absolute atomic E-state index is 3.35. The van der Waals surface area contributed by atoms with E-state index in [2.05, 4.69) is 130 Å². The number of hydrogen-bond donors (Lipinski definition) is 0. The molecule has 0 bridgehead atoms. The third-order valence-electron chi connectivity index (χ3n) is 6.58. The first-order valence-corrected chi connectivity index (χ1v) is 12.2. The van der Waals surface area contributed by atoms with Crippen LogP contribution in [0.4, 0.5) is 0 Å². The van der Waals surface area contributed by atoms with Crippen LogP contribution >= 0.6 is 0 Å². The predicted molar refractivity (Wildman–Crippen MR) is 144 cm³/mol. The second kappa shape index (κ2) is 12.7. The van der Waals surface area contributed by atoms with Gasteiger partial charge in [-0.2, -0.15) is 11.6 Å². The third kappa shape index (κ3) is 8.38. The van der Waals surface area contributed by atoms with Gasteiger partial charge in [0, 0.05) is 0 Å². The fourth-order valence-corrected chi connectivity index (χ4v) is 4.17. The molecule has 1 aliphatic carbocycles. The van der Waals surface area contributed by atoms with E-state index in [1.54, 1.807) is 0 Å². The van der Waals surface area contributed by atoms with E-state index in [1.165, 1.54) is 44.7 Å². The van der Waals surface area contributed by atoms with Crippen LogP contribution in [0.2, 0.25) is 0 Å². The molecule has 3 heteroatoms. The average Bonchev–Trinajstić information content (AvgIpc) is 3.30. The maximum Gasteiger partial charge on any atom is 4.00 e. The molecular weight excluding hydrogens is 546 g/mol. The van der Waals surface area contributed by atoms with E-state index in [1.807, 2.05) is 0 Å². The van der Waals surface area contributed by atoms with Crippen molar-refractivity contribution in [3.63, 3.8) is 0 Å². The van der Waals surface area contributed by atoms with Gasteiger partial charge in [0.15, 0.2) is 0 Å². The number of rotatable bonds is 1. The number of allylic oxidation sites excluding steroid dienone is 4. The van der Waals surface area contributed by atoms with E-state index in [9.17, 15) is 0 Å². The van der Waals surface area contributed by atoms with Gasteiger partial charge in [-0.1, -0.05) is 122 Å². The van der Waals surface area contributed by atoms with Crippen LogP contribution in [0.1, 0.15) is 86.8 Å². The van der Waals surface area contributed by atoms with Crippen molar-refractivity contribution in [1.82, 2.24) is 0 Å². The standard InChI is InChI=1S/C21H25.C11H17.2ClH.Zr/c1-20(2,3)16-7-9-18-14(12-16)11-15-13-17(21(4,5)6)8-10-19(15)18;1-5-9-6-7-10(8-9)11(2,3)4;;;/h7-13H,1-6H3;7-9H,5H2,1-4H3;2*1H;/q2*-1;;;+4/p-2. The van der Waals surface area contributed by atoms with E-state index in [0.717, 1.165) is 0 Å². The Morgan fingerprint density at radius 2 is 1.14 bits per heavy atom. The van der Waals surface area contributed by atoms with E-state index >= 15 is 0 Å². The topological polar surface area (TPSA) is 0 Å². The minimum atomic E-state index is 0. The smallest absolute Gasteiger partial charge is 1.00 e. The van der Waals surface area contributed by atoms with Crippen LogP contribution in [-0.2, 0) is 37.0 Å². The summed E-state index contributed by atoms with van der Waals surface area (Å²) in [6, 6.07) is 16.2. The van der Waals surface area contributed by atoms with Crippen LogP contribution in [0.5, 0.6) is 0 Å². The van der Waals surface area contributed by atoms with Crippen molar-refractivity contribution in [2.24, 2.45) is 11.3 Å². The van der Waals surface area contributed by atoms with Crippen molar-refractivity contribution in [2.45, 2.75) is 86.5 Å². The molecule has 1 atom stereocenters. The number of benzene rings is 2. The summed E-state index contributed by atoms with van der Waals surface area (Å²) in [7, 11) is 0. The van der Waals surface area contributed by atoms with Crippen LogP contribution in [-0.4, -0.2) is 0 Å². The number of hydrogen-bond acceptors (Lipinski definition) is 0. The van der Waals surface area contributed by atoms with Gasteiger partial charge in [-0.05, 0) is 10.8 Å². The molecule has 0 radical (unpaired) electrons. The Bertz CT molecular complexity index is 1090. The third-order valence-corrected chi connectivity index (χ3v) is 6.58. The summed E-state index contributed by atoms with van der Waals surface area (Å²) in [5.41, 5.74) is 4.95. The Morgan fingerprint density at radius 1 is 0.714 bits per heavy atom. The summed E-state index contributed by atoms with van der Waals surface area (Å²) in [6.45, 7) is 22.6. The summed E-state index contributed by atoms with van der Waals surface area (Å²) >= 11 is 0. The van der Waals surface area contributed by atoms with Crippen molar-refractivity contribution in [3.05, 3.63) is 77.4 Å². The molecule has 1 aliphatic rings. The summed E-state index contributed by atoms with van der Waals surface area (Å²) in [5.74, 6) is 0.573. The van der Waals surface area contributed by atoms with Crippen LogP contribution < -0.4 is 24.8 Å². The van der Waals surface area contributed by atoms with Crippen LogP contribution in [0.3, 0.4) is 0 Å². The molecule has 4 rings (SSSR count). The molecule has 0 spiro atoms. The molecule has 3 aromatic rings. The second-order valence-corrected chi connectivity index (χ2v) is 12.4. The fourth-order valence-electron chi connectivity index (χ4n) is 4.17. The summed E-state index contributed by atoms with van der Waals surface area (Å²) < 4.78 is 0. The first-order chi connectivity index (χ1) is 14.7. The van der Waals surface area contributed by atoms with Gasteiger partial charge in [-0.15, -0.1) is 39.7 Å². The Kier molecular flexibility index (Phi) is 12.4. The van der Waals surface area contributed by atoms with Gasteiger partial charge in [0.25, 0.3) is 0 Å². The van der Waals surface area contributed by atoms with Gasteiger partial charge >= 0.3 is 26.2 Å². The molecule has 1 unspecified atom stereocenters. The normalized spacial score (nSPS) is 15.5. The zero-order valence-electron chi connectivity index (χ0n) is 23.2. The monoisotopic (exact) mass is 586 g/mol. The molecule has 0 saturated heterocycles. The van der Waals surface area contributed by atoms with E-state index in [-0.39, 0.29) is 61.8 Å². The molecule has 0 aromatic heterocycles. The van der Waals surface area contributed by atoms with Crippen molar-refractivity contribution < 1.29 is 51.0 Å². The molecule has 0 N–H and O–H groups in total. The average molecular weight is 589 g/mol. The molecule has 0 amide bonds. The summed E-state index contributed by atoms with van der Waals surface area (Å²) in [6.07, 6.45) is 9.00. The van der Waals surface area contributed by atoms with Crippen molar-refractivity contribution >= 4 is 21.5 Å². The Morgan fingerprint density at radius 3 is 1.43 bits per heavy atom. The van der Waals surface area contributed by atoms with Crippen LogP contribution in [0.15, 0.2) is 60.2 Å². The Hall–Kier alpha value is -0.747. The van der Waals surface area contributed by atoms with Crippen molar-refractivity contribution in [1.29, 1.82) is 0 Å². The van der Waals surface area contributed by atoms with Gasteiger partial charge in [-0.25, -0.2) is 6.08 Å². The van der Waals surface area contributed by atoms with Crippen molar-refractivity contribution in [2.75, 3.05) is 0 Å². The van der Waals surface area contributed by atoms with Crippen molar-refractivity contribution in [3.8, 4) is 0 Å². The minimum Gasteiger partial charge on any atom is -1.00 e. The van der Waals surface area contributed by atoms with Gasteiger partial charge in [0.1, 0.15) is 0 Å². The molecule has 0 nitrogen and oxygen atoms in total. The van der Waals surface area contributed by atoms with Gasteiger partial charge in [0.05, 0.1) is 0 Å². The van der Waals surface area contributed by atoms with Crippen LogP contribution in [0, 0.1) is 17.4 Å². The summed E-state index contributed by atoms with van der Waals surface area (Å²) in [5, 5.41) is 5.48. The maximum atomic E-state index is 3.35. The van der Waals surface area contributed by atoms with E-state index < -0.39 is 0 Å². The Labute approximate surface area is 246 Å². The molecular formula is C32H42Cl2Zr. The minimum absolute atomic E-state index is 0. The molecule has 188 valence electrons. The largest absolute Gasteiger partial charge is 4.00 e. The fraction of sp³-hybridized carbons (Fsp3) is 0.469. The molecule has 0 saturated carbocycles. The first kappa shape index (κ1) is 34.3. The summed E-state index contributed by atoms with van der Waals surface area (Å²) in [4.78, 5) is 0. The zero-order valence-corrected chi connectivity index (χ0v) is 27.2. The van der Waals surface area contributed by atoms with Gasteiger partial charge < -0.3 is 24.8 Å². The van der Waals surface area contributed by atoms with E-state index in [4.69, 9.17) is 0 Å². The molecule has 3 aromatic carbocycles. The number of halogens is 2. The quantitative estimate of drug-likeness (QED) is 0.381. The second-order valence-electron chi connectivity index (χ2n) is 12.4. The van der Waals surface area contributed by atoms with E-state index in [0.29, 0.717) is 11.3 Å². The van der Waals surface area contributed by atoms with Gasteiger partial charge in [-0.3, -0.25) is 6.08 Å².